The van der Waals surface area contributed by atoms with E-state index in [2.05, 4.69) is 49.6 Å². The van der Waals surface area contributed by atoms with E-state index in [0.717, 1.165) is 13.1 Å². The summed E-state index contributed by atoms with van der Waals surface area (Å²) in [7, 11) is 0. The van der Waals surface area contributed by atoms with E-state index >= 15 is 0 Å². The highest BCUT2D eigenvalue weighted by Crippen LogP contribution is 2.25. The van der Waals surface area contributed by atoms with E-state index in [1.807, 2.05) is 0 Å². The van der Waals surface area contributed by atoms with Gasteiger partial charge in [-0.2, -0.15) is 0 Å². The van der Waals surface area contributed by atoms with Crippen molar-refractivity contribution in [2.24, 2.45) is 5.92 Å². The fraction of sp³-hybridized carbons (Fsp3) is 0.611. The molecule has 1 atom stereocenters. The maximum Gasteiger partial charge on any atom is 0.221 e. The first-order valence-corrected chi connectivity index (χ1v) is 8.18. The zero-order valence-corrected chi connectivity index (χ0v) is 13.5. The first kappa shape index (κ1) is 16.0. The number of hydrogen-bond donors (Lipinski definition) is 2. The number of aryl methyl sites for hydroxylation is 2. The van der Waals surface area contributed by atoms with Crippen LogP contribution >= 0.6 is 0 Å². The Morgan fingerprint density at radius 3 is 2.71 bits per heavy atom. The van der Waals surface area contributed by atoms with Gasteiger partial charge in [0.1, 0.15) is 0 Å². The minimum atomic E-state index is 0.136. The van der Waals surface area contributed by atoms with Crippen LogP contribution in [-0.2, 0) is 17.6 Å². The molecule has 2 N–H and O–H groups in total. The van der Waals surface area contributed by atoms with Crippen molar-refractivity contribution in [1.29, 1.82) is 0 Å². The van der Waals surface area contributed by atoms with Crippen molar-refractivity contribution in [2.75, 3.05) is 13.1 Å². The van der Waals surface area contributed by atoms with Crippen molar-refractivity contribution in [2.45, 2.75) is 52.5 Å². The Balaban J connectivity index is 1.74. The summed E-state index contributed by atoms with van der Waals surface area (Å²) >= 11 is 0. The second-order valence-corrected chi connectivity index (χ2v) is 6.51. The summed E-state index contributed by atoms with van der Waals surface area (Å²) in [5.74, 6) is 0.643. The van der Waals surface area contributed by atoms with Crippen LogP contribution in [0.2, 0.25) is 0 Å². The Morgan fingerprint density at radius 2 is 1.95 bits per heavy atom. The van der Waals surface area contributed by atoms with Crippen LogP contribution in [0.5, 0.6) is 0 Å². The highest BCUT2D eigenvalue weighted by molar-refractivity contribution is 5.76. The fourth-order valence-electron chi connectivity index (χ4n) is 2.79. The molecule has 0 heterocycles. The van der Waals surface area contributed by atoms with Gasteiger partial charge in [0.05, 0.1) is 0 Å². The minimum absolute atomic E-state index is 0.136. The SMILES string of the molecule is CC(C)CNC(=O)CCNC(C)c1ccc2c(c1)CCC2. The molecule has 116 valence electrons. The van der Waals surface area contributed by atoms with Crippen molar-refractivity contribution in [3.63, 3.8) is 0 Å². The van der Waals surface area contributed by atoms with E-state index in [1.54, 1.807) is 0 Å². The fourth-order valence-corrected chi connectivity index (χ4v) is 2.79. The van der Waals surface area contributed by atoms with Crippen LogP contribution in [0.25, 0.3) is 0 Å². The van der Waals surface area contributed by atoms with Gasteiger partial charge in [0.25, 0.3) is 0 Å². The molecule has 1 aromatic carbocycles. The van der Waals surface area contributed by atoms with Crippen molar-refractivity contribution < 1.29 is 4.79 Å². The van der Waals surface area contributed by atoms with Gasteiger partial charge in [-0.15, -0.1) is 0 Å². The van der Waals surface area contributed by atoms with Crippen molar-refractivity contribution >= 4 is 5.91 Å². The largest absolute Gasteiger partial charge is 0.356 e. The smallest absolute Gasteiger partial charge is 0.221 e. The predicted molar refractivity (Wildman–Crippen MR) is 87.3 cm³/mol. The number of rotatable bonds is 7. The van der Waals surface area contributed by atoms with Gasteiger partial charge in [0, 0.05) is 25.6 Å². The molecule has 1 aromatic rings. The molecule has 1 aliphatic rings. The van der Waals surface area contributed by atoms with Gasteiger partial charge in [-0.05, 0) is 48.8 Å². The molecule has 3 nitrogen and oxygen atoms in total. The summed E-state index contributed by atoms with van der Waals surface area (Å²) in [5.41, 5.74) is 4.35. The first-order chi connectivity index (χ1) is 10.1. The third-order valence-electron chi connectivity index (χ3n) is 4.13. The molecule has 3 heteroatoms. The van der Waals surface area contributed by atoms with Crippen LogP contribution in [0.3, 0.4) is 0 Å². The van der Waals surface area contributed by atoms with E-state index < -0.39 is 0 Å². The Bertz CT molecular complexity index is 482. The summed E-state index contributed by atoms with van der Waals surface area (Å²) < 4.78 is 0. The molecule has 1 unspecified atom stereocenters. The predicted octanol–water partition coefficient (Wildman–Crippen LogP) is 2.99. The zero-order chi connectivity index (χ0) is 15.2. The molecule has 0 fully saturated rings. The lowest BCUT2D eigenvalue weighted by molar-refractivity contribution is -0.121. The molecule has 0 spiro atoms. The lowest BCUT2D eigenvalue weighted by atomic mass is 10.0. The molecule has 1 amide bonds. The molecule has 21 heavy (non-hydrogen) atoms. The van der Waals surface area contributed by atoms with E-state index in [0.29, 0.717) is 18.4 Å². The highest BCUT2D eigenvalue weighted by Gasteiger charge is 2.13. The van der Waals surface area contributed by atoms with Gasteiger partial charge in [-0.3, -0.25) is 4.79 Å². The quantitative estimate of drug-likeness (QED) is 0.810. The van der Waals surface area contributed by atoms with E-state index in [4.69, 9.17) is 0 Å². The van der Waals surface area contributed by atoms with Crippen LogP contribution in [0.1, 0.15) is 56.3 Å². The monoisotopic (exact) mass is 288 g/mol. The molecule has 0 radical (unpaired) electrons. The summed E-state index contributed by atoms with van der Waals surface area (Å²) in [4.78, 5) is 11.7. The average molecular weight is 288 g/mol. The number of amides is 1. The number of carbonyl (C=O) groups excluding carboxylic acids is 1. The standard InChI is InChI=1S/C18H28N2O/c1-13(2)12-20-18(21)9-10-19-14(3)16-8-7-15-5-4-6-17(15)11-16/h7-8,11,13-14,19H,4-6,9-10,12H2,1-3H3,(H,20,21). The van der Waals surface area contributed by atoms with Crippen LogP contribution < -0.4 is 10.6 Å². The van der Waals surface area contributed by atoms with Gasteiger partial charge in [0.15, 0.2) is 0 Å². The van der Waals surface area contributed by atoms with Crippen LogP contribution in [0.15, 0.2) is 18.2 Å². The molecular weight excluding hydrogens is 260 g/mol. The number of carbonyl (C=O) groups is 1. The van der Waals surface area contributed by atoms with E-state index in [9.17, 15) is 4.79 Å². The highest BCUT2D eigenvalue weighted by atomic mass is 16.1. The molecule has 2 rings (SSSR count). The number of fused-ring (bicyclic) bond motifs is 1. The molecule has 0 saturated heterocycles. The van der Waals surface area contributed by atoms with Crippen LogP contribution in [-0.4, -0.2) is 19.0 Å². The third kappa shape index (κ3) is 4.85. The summed E-state index contributed by atoms with van der Waals surface area (Å²) in [6.45, 7) is 7.87. The van der Waals surface area contributed by atoms with Gasteiger partial charge < -0.3 is 10.6 Å². The summed E-state index contributed by atoms with van der Waals surface area (Å²) in [6.07, 6.45) is 4.28. The Kier molecular flexibility index (Phi) is 5.80. The van der Waals surface area contributed by atoms with E-state index in [1.165, 1.54) is 36.0 Å². The van der Waals surface area contributed by atoms with Crippen LogP contribution in [0.4, 0.5) is 0 Å². The first-order valence-electron chi connectivity index (χ1n) is 8.18. The lowest BCUT2D eigenvalue weighted by Crippen LogP contribution is -2.31. The third-order valence-corrected chi connectivity index (χ3v) is 4.13. The molecule has 0 saturated carbocycles. The van der Waals surface area contributed by atoms with Crippen molar-refractivity contribution in [3.05, 3.63) is 34.9 Å². The normalized spacial score (nSPS) is 15.0. The molecule has 0 aliphatic heterocycles. The summed E-state index contributed by atoms with van der Waals surface area (Å²) in [5, 5.41) is 6.40. The van der Waals surface area contributed by atoms with Gasteiger partial charge >= 0.3 is 0 Å². The van der Waals surface area contributed by atoms with E-state index in [-0.39, 0.29) is 5.91 Å². The second-order valence-electron chi connectivity index (χ2n) is 6.51. The lowest BCUT2D eigenvalue weighted by Gasteiger charge is -2.15. The Morgan fingerprint density at radius 1 is 1.19 bits per heavy atom. The second kappa shape index (κ2) is 7.60. The topological polar surface area (TPSA) is 41.1 Å². The minimum Gasteiger partial charge on any atom is -0.356 e. The number of nitrogens with one attached hydrogen (secondary N) is 2. The number of hydrogen-bond acceptors (Lipinski definition) is 2. The van der Waals surface area contributed by atoms with Crippen LogP contribution in [0, 0.1) is 5.92 Å². The Hall–Kier alpha value is -1.35. The number of benzene rings is 1. The Labute approximate surface area is 128 Å². The summed E-state index contributed by atoms with van der Waals surface area (Å²) in [6, 6.07) is 7.12. The zero-order valence-electron chi connectivity index (χ0n) is 13.5. The molecule has 1 aliphatic carbocycles. The molecular formula is C18H28N2O. The maximum atomic E-state index is 11.7. The molecule has 0 bridgehead atoms. The van der Waals surface area contributed by atoms with Gasteiger partial charge in [0.2, 0.25) is 5.91 Å². The van der Waals surface area contributed by atoms with Crippen molar-refractivity contribution in [1.82, 2.24) is 10.6 Å². The van der Waals surface area contributed by atoms with Gasteiger partial charge in [-0.1, -0.05) is 32.0 Å². The molecule has 0 aromatic heterocycles. The average Bonchev–Trinajstić information content (AvgIpc) is 2.92. The maximum absolute atomic E-state index is 11.7. The van der Waals surface area contributed by atoms with Gasteiger partial charge in [-0.25, -0.2) is 0 Å². The van der Waals surface area contributed by atoms with Crippen molar-refractivity contribution in [3.8, 4) is 0 Å².